The zero-order chi connectivity index (χ0) is 18.0. The van der Waals surface area contributed by atoms with E-state index in [0.29, 0.717) is 17.5 Å². The first-order valence-corrected chi connectivity index (χ1v) is 10.9. The Morgan fingerprint density at radius 2 is 1.44 bits per heavy atom. The van der Waals surface area contributed by atoms with Crippen molar-refractivity contribution in [2.45, 2.75) is 109 Å². The number of nitrogens with zero attached hydrogens (tertiary/aromatic N) is 1. The third-order valence-corrected chi connectivity index (χ3v) is 8.45. The second-order valence-electron chi connectivity index (χ2n) is 10.7. The molecule has 144 valence electrons. The van der Waals surface area contributed by atoms with E-state index in [1.54, 1.807) is 0 Å². The molecule has 0 amide bonds. The maximum atomic E-state index is 6.67. The highest BCUT2D eigenvalue weighted by atomic mass is 16.5. The summed E-state index contributed by atoms with van der Waals surface area (Å²) in [7, 11) is 0. The van der Waals surface area contributed by atoms with Crippen LogP contribution < -0.4 is 5.73 Å². The number of rotatable bonds is 5. The lowest BCUT2D eigenvalue weighted by Crippen LogP contribution is -2.73. The van der Waals surface area contributed by atoms with E-state index in [4.69, 9.17) is 10.5 Å². The highest BCUT2D eigenvalue weighted by molar-refractivity contribution is 5.18. The Morgan fingerprint density at radius 3 is 1.80 bits per heavy atom. The van der Waals surface area contributed by atoms with Crippen molar-refractivity contribution in [2.75, 3.05) is 6.61 Å². The Bertz CT molecular complexity index is 459. The Kier molecular flexibility index (Phi) is 4.53. The van der Waals surface area contributed by atoms with Gasteiger partial charge in [0, 0.05) is 24.7 Å². The van der Waals surface area contributed by atoms with Crippen molar-refractivity contribution >= 4 is 0 Å². The van der Waals surface area contributed by atoms with Crippen LogP contribution in [0.3, 0.4) is 0 Å². The predicted molar refractivity (Wildman–Crippen MR) is 103 cm³/mol. The van der Waals surface area contributed by atoms with Crippen molar-refractivity contribution in [1.29, 1.82) is 0 Å². The van der Waals surface area contributed by atoms with Crippen molar-refractivity contribution in [1.82, 2.24) is 4.90 Å². The van der Waals surface area contributed by atoms with Crippen LogP contribution in [0.25, 0.3) is 0 Å². The molecule has 1 heterocycles. The molecule has 1 saturated heterocycles. The minimum atomic E-state index is 0.0568. The molecule has 0 spiro atoms. The van der Waals surface area contributed by atoms with Gasteiger partial charge in [0.2, 0.25) is 0 Å². The molecule has 5 fully saturated rings. The zero-order valence-electron chi connectivity index (χ0n) is 17.1. The van der Waals surface area contributed by atoms with E-state index in [1.165, 1.54) is 38.5 Å². The molecule has 3 unspecified atom stereocenters. The number of nitrogens with two attached hydrogens (primary N) is 1. The second-order valence-corrected chi connectivity index (χ2v) is 10.7. The van der Waals surface area contributed by atoms with Gasteiger partial charge in [-0.25, -0.2) is 0 Å². The Hall–Kier alpha value is -0.120. The van der Waals surface area contributed by atoms with Gasteiger partial charge >= 0.3 is 0 Å². The van der Waals surface area contributed by atoms with Crippen LogP contribution in [-0.2, 0) is 4.74 Å². The third-order valence-electron chi connectivity index (χ3n) is 8.45. The molecular formula is C22H40N2O. The summed E-state index contributed by atoms with van der Waals surface area (Å²) in [6, 6.07) is 1.24. The minimum absolute atomic E-state index is 0.0568. The number of hydrogen-bond donors (Lipinski definition) is 1. The molecule has 2 N–H and O–H groups in total. The van der Waals surface area contributed by atoms with E-state index in [9.17, 15) is 0 Å². The fourth-order valence-electron chi connectivity index (χ4n) is 8.31. The normalized spacial score (nSPS) is 45.7. The van der Waals surface area contributed by atoms with Crippen LogP contribution in [0.15, 0.2) is 0 Å². The fourth-order valence-corrected chi connectivity index (χ4v) is 8.31. The Balaban J connectivity index is 1.80. The van der Waals surface area contributed by atoms with E-state index >= 15 is 0 Å². The summed E-state index contributed by atoms with van der Waals surface area (Å²) in [5.41, 5.74) is 7.13. The largest absolute Gasteiger partial charge is 0.375 e. The highest BCUT2D eigenvalue weighted by Crippen LogP contribution is 2.66. The topological polar surface area (TPSA) is 38.5 Å². The van der Waals surface area contributed by atoms with Crippen molar-refractivity contribution in [3.63, 3.8) is 0 Å². The minimum Gasteiger partial charge on any atom is -0.375 e. The van der Waals surface area contributed by atoms with Gasteiger partial charge in [0.15, 0.2) is 0 Å². The number of hydrogen-bond acceptors (Lipinski definition) is 3. The zero-order valence-corrected chi connectivity index (χ0v) is 17.1. The van der Waals surface area contributed by atoms with Gasteiger partial charge in [0.1, 0.15) is 0 Å². The second kappa shape index (κ2) is 6.21. The summed E-state index contributed by atoms with van der Waals surface area (Å²) >= 11 is 0. The van der Waals surface area contributed by atoms with Crippen LogP contribution in [0.5, 0.6) is 0 Å². The fraction of sp³-hybridized carbons (Fsp3) is 1.00. The van der Waals surface area contributed by atoms with Crippen LogP contribution in [0.2, 0.25) is 0 Å². The predicted octanol–water partition coefficient (Wildman–Crippen LogP) is 4.20. The van der Waals surface area contributed by atoms with E-state index < -0.39 is 0 Å². The molecule has 0 aromatic rings. The molecule has 3 heteroatoms. The average molecular weight is 349 g/mol. The Morgan fingerprint density at radius 1 is 0.960 bits per heavy atom. The summed E-state index contributed by atoms with van der Waals surface area (Å²) in [4.78, 5) is 2.80. The van der Waals surface area contributed by atoms with Gasteiger partial charge in [-0.1, -0.05) is 0 Å². The smallest absolute Gasteiger partial charge is 0.0912 e. The van der Waals surface area contributed by atoms with Gasteiger partial charge < -0.3 is 10.5 Å². The summed E-state index contributed by atoms with van der Waals surface area (Å²) in [5.74, 6) is 2.89. The highest BCUT2D eigenvalue weighted by Gasteiger charge is 2.65. The molecule has 0 aromatic heterocycles. The maximum absolute atomic E-state index is 6.67. The van der Waals surface area contributed by atoms with E-state index in [1.807, 2.05) is 0 Å². The van der Waals surface area contributed by atoms with E-state index in [2.05, 4.69) is 39.5 Å². The van der Waals surface area contributed by atoms with Gasteiger partial charge in [-0.3, -0.25) is 4.90 Å². The molecule has 3 nitrogen and oxygen atoms in total. The van der Waals surface area contributed by atoms with E-state index in [0.717, 1.165) is 30.8 Å². The molecule has 3 atom stereocenters. The first kappa shape index (κ1) is 18.3. The monoisotopic (exact) mass is 348 g/mol. The first-order chi connectivity index (χ1) is 11.8. The van der Waals surface area contributed by atoms with Gasteiger partial charge in [-0.2, -0.15) is 0 Å². The van der Waals surface area contributed by atoms with E-state index in [-0.39, 0.29) is 17.7 Å². The van der Waals surface area contributed by atoms with Crippen molar-refractivity contribution in [3.05, 3.63) is 0 Å². The SMILES string of the molecule is CC(C)N(C(C)C)C(C)(C1OCCC1N)C12CC3CC(CC(C3)C1)C2. The molecule has 4 aliphatic carbocycles. The lowest BCUT2D eigenvalue weighted by atomic mass is 9.43. The van der Waals surface area contributed by atoms with Crippen LogP contribution >= 0.6 is 0 Å². The van der Waals surface area contributed by atoms with Crippen molar-refractivity contribution in [3.8, 4) is 0 Å². The summed E-state index contributed by atoms with van der Waals surface area (Å²) in [5, 5.41) is 0. The standard InChI is InChI=1S/C22H40N2O/c1-14(2)24(15(3)4)21(5,20-19(23)6-7-25-20)22-11-16-8-17(12-22)10-18(9-16)13-22/h14-20H,6-13,23H2,1-5H3. The third kappa shape index (κ3) is 2.63. The van der Waals surface area contributed by atoms with Gasteiger partial charge in [-0.15, -0.1) is 0 Å². The summed E-state index contributed by atoms with van der Waals surface area (Å²) < 4.78 is 6.43. The molecule has 5 rings (SSSR count). The lowest BCUT2D eigenvalue weighted by molar-refractivity contribution is -0.199. The first-order valence-electron chi connectivity index (χ1n) is 10.9. The van der Waals surface area contributed by atoms with Gasteiger partial charge in [0.25, 0.3) is 0 Å². The quantitative estimate of drug-likeness (QED) is 0.809. The molecule has 4 saturated carbocycles. The van der Waals surface area contributed by atoms with Gasteiger partial charge in [-0.05, 0) is 103 Å². The Labute approximate surface area is 155 Å². The van der Waals surface area contributed by atoms with Gasteiger partial charge in [0.05, 0.1) is 11.6 Å². The molecule has 5 aliphatic rings. The van der Waals surface area contributed by atoms with Crippen LogP contribution in [0, 0.1) is 23.2 Å². The lowest BCUT2D eigenvalue weighted by Gasteiger charge is -2.68. The summed E-state index contributed by atoms with van der Waals surface area (Å²) in [6.45, 7) is 12.9. The molecule has 0 radical (unpaired) electrons. The number of ether oxygens (including phenoxy) is 1. The molecule has 0 aromatic carbocycles. The molecule has 1 aliphatic heterocycles. The van der Waals surface area contributed by atoms with Crippen LogP contribution in [-0.4, -0.2) is 41.3 Å². The van der Waals surface area contributed by atoms with Crippen molar-refractivity contribution in [2.24, 2.45) is 28.9 Å². The average Bonchev–Trinajstić information content (AvgIpc) is 2.91. The molecule has 25 heavy (non-hydrogen) atoms. The molecular weight excluding hydrogens is 308 g/mol. The van der Waals surface area contributed by atoms with Crippen LogP contribution in [0.1, 0.15) is 79.6 Å². The van der Waals surface area contributed by atoms with Crippen molar-refractivity contribution < 1.29 is 4.74 Å². The van der Waals surface area contributed by atoms with Crippen LogP contribution in [0.4, 0.5) is 0 Å². The maximum Gasteiger partial charge on any atom is 0.0912 e. The molecule has 4 bridgehead atoms. The summed E-state index contributed by atoms with van der Waals surface area (Å²) in [6.07, 6.45) is 9.95.